The van der Waals surface area contributed by atoms with E-state index in [4.69, 9.17) is 11.5 Å². The average molecular weight is 219 g/mol. The Balaban J connectivity index is 2.45. The lowest BCUT2D eigenvalue weighted by molar-refractivity contribution is 0.100. The maximum absolute atomic E-state index is 11.0. The van der Waals surface area contributed by atoms with Crippen molar-refractivity contribution in [3.05, 3.63) is 35.2 Å². The average Bonchev–Trinajstić information content (AvgIpc) is 2.65. The van der Waals surface area contributed by atoms with E-state index >= 15 is 0 Å². The Morgan fingerprint density at radius 3 is 2.80 bits per heavy atom. The van der Waals surface area contributed by atoms with Gasteiger partial charge in [0.05, 0.1) is 5.69 Å². The van der Waals surface area contributed by atoms with Crippen molar-refractivity contribution in [2.45, 2.75) is 0 Å². The Kier molecular flexibility index (Phi) is 2.39. The summed E-state index contributed by atoms with van der Waals surface area (Å²) < 4.78 is 0. The number of primary amides is 1. The van der Waals surface area contributed by atoms with E-state index < -0.39 is 5.91 Å². The Labute approximate surface area is 90.6 Å². The first-order valence-corrected chi connectivity index (χ1v) is 5.16. The van der Waals surface area contributed by atoms with Crippen molar-refractivity contribution in [3.63, 3.8) is 0 Å². The van der Waals surface area contributed by atoms with E-state index in [-0.39, 0.29) is 0 Å². The molecule has 0 radical (unpaired) electrons. The maximum atomic E-state index is 11.0. The zero-order chi connectivity index (χ0) is 10.8. The number of thiazole rings is 1. The van der Waals surface area contributed by atoms with Crippen LogP contribution in [0, 0.1) is 0 Å². The fraction of sp³-hybridized carbons (Fsp3) is 0. The molecule has 5 heteroatoms. The van der Waals surface area contributed by atoms with Gasteiger partial charge in [-0.1, -0.05) is 12.1 Å². The molecule has 2 aromatic rings. The molecular weight excluding hydrogens is 210 g/mol. The number of anilines is 1. The molecule has 4 N–H and O–H groups in total. The van der Waals surface area contributed by atoms with Gasteiger partial charge in [-0.3, -0.25) is 4.79 Å². The fourth-order valence-corrected chi connectivity index (χ4v) is 1.82. The summed E-state index contributed by atoms with van der Waals surface area (Å²) in [4.78, 5) is 15.1. The first-order chi connectivity index (χ1) is 7.16. The van der Waals surface area contributed by atoms with Crippen LogP contribution in [0.25, 0.3) is 11.3 Å². The molecule has 0 atom stereocenters. The topological polar surface area (TPSA) is 82.0 Å². The summed E-state index contributed by atoms with van der Waals surface area (Å²) in [5, 5.41) is 2.35. The molecule has 0 aliphatic carbocycles. The lowest BCUT2D eigenvalue weighted by Crippen LogP contribution is -2.10. The van der Waals surface area contributed by atoms with E-state index in [1.54, 1.807) is 18.2 Å². The molecule has 4 nitrogen and oxygen atoms in total. The van der Waals surface area contributed by atoms with Gasteiger partial charge in [0.1, 0.15) is 0 Å². The molecule has 1 aromatic heterocycles. The second kappa shape index (κ2) is 3.70. The molecule has 1 aromatic carbocycles. The van der Waals surface area contributed by atoms with Crippen LogP contribution in [0.5, 0.6) is 0 Å². The van der Waals surface area contributed by atoms with Crippen molar-refractivity contribution in [1.29, 1.82) is 0 Å². The van der Waals surface area contributed by atoms with E-state index in [0.717, 1.165) is 11.3 Å². The van der Waals surface area contributed by atoms with Crippen LogP contribution in [-0.4, -0.2) is 10.9 Å². The normalized spacial score (nSPS) is 10.1. The summed E-state index contributed by atoms with van der Waals surface area (Å²) in [6.07, 6.45) is 0. The minimum atomic E-state index is -0.444. The van der Waals surface area contributed by atoms with Crippen molar-refractivity contribution in [2.75, 3.05) is 5.73 Å². The molecule has 1 amide bonds. The Bertz CT molecular complexity index is 507. The van der Waals surface area contributed by atoms with Crippen molar-refractivity contribution >= 4 is 22.4 Å². The standard InChI is InChI=1S/C10H9N3OS/c11-9(14)7-3-1-2-6(4-7)8-5-15-10(12)13-8/h1-5H,(H2,11,14)(H2,12,13). The van der Waals surface area contributed by atoms with E-state index in [0.29, 0.717) is 10.7 Å². The number of benzene rings is 1. The van der Waals surface area contributed by atoms with Crippen LogP contribution in [0.15, 0.2) is 29.6 Å². The molecule has 2 rings (SSSR count). The number of carbonyl (C=O) groups is 1. The van der Waals surface area contributed by atoms with Gasteiger partial charge >= 0.3 is 0 Å². The van der Waals surface area contributed by atoms with Crippen LogP contribution >= 0.6 is 11.3 Å². The molecule has 0 saturated heterocycles. The van der Waals surface area contributed by atoms with Crippen LogP contribution in [0.1, 0.15) is 10.4 Å². The van der Waals surface area contributed by atoms with Gasteiger partial charge < -0.3 is 11.5 Å². The van der Waals surface area contributed by atoms with Crippen molar-refractivity contribution in [2.24, 2.45) is 5.73 Å². The summed E-state index contributed by atoms with van der Waals surface area (Å²) in [6.45, 7) is 0. The predicted molar refractivity (Wildman–Crippen MR) is 60.5 cm³/mol. The predicted octanol–water partition coefficient (Wildman–Crippen LogP) is 1.49. The van der Waals surface area contributed by atoms with E-state index in [1.165, 1.54) is 11.3 Å². The van der Waals surface area contributed by atoms with E-state index in [9.17, 15) is 4.79 Å². The minimum Gasteiger partial charge on any atom is -0.375 e. The first kappa shape index (κ1) is 9.67. The molecule has 0 unspecified atom stereocenters. The highest BCUT2D eigenvalue weighted by atomic mass is 32.1. The molecule has 0 bridgehead atoms. The monoisotopic (exact) mass is 219 g/mol. The van der Waals surface area contributed by atoms with Gasteiger partial charge in [-0.2, -0.15) is 0 Å². The number of nitrogen functional groups attached to an aromatic ring is 1. The summed E-state index contributed by atoms with van der Waals surface area (Å²) >= 11 is 1.36. The van der Waals surface area contributed by atoms with Gasteiger partial charge in [-0.15, -0.1) is 11.3 Å². The van der Waals surface area contributed by atoms with Gasteiger partial charge in [-0.05, 0) is 12.1 Å². The fourth-order valence-electron chi connectivity index (χ4n) is 1.25. The van der Waals surface area contributed by atoms with Gasteiger partial charge in [0, 0.05) is 16.5 Å². The lowest BCUT2D eigenvalue weighted by Gasteiger charge is -1.98. The summed E-state index contributed by atoms with van der Waals surface area (Å²) in [7, 11) is 0. The number of hydrogen-bond acceptors (Lipinski definition) is 4. The van der Waals surface area contributed by atoms with Crippen LogP contribution in [0.2, 0.25) is 0 Å². The molecule has 76 valence electrons. The molecule has 1 heterocycles. The molecule has 0 fully saturated rings. The number of aromatic nitrogens is 1. The molecular formula is C10H9N3OS. The number of hydrogen-bond donors (Lipinski definition) is 2. The second-order valence-electron chi connectivity index (χ2n) is 3.02. The molecule has 0 saturated carbocycles. The number of nitrogens with two attached hydrogens (primary N) is 2. The number of carbonyl (C=O) groups excluding carboxylic acids is 1. The SMILES string of the molecule is NC(=O)c1cccc(-c2csc(N)n2)c1. The van der Waals surface area contributed by atoms with Crippen molar-refractivity contribution in [1.82, 2.24) is 4.98 Å². The van der Waals surface area contributed by atoms with Crippen LogP contribution in [-0.2, 0) is 0 Å². The highest BCUT2D eigenvalue weighted by Crippen LogP contribution is 2.23. The molecule has 0 spiro atoms. The summed E-state index contributed by atoms with van der Waals surface area (Å²) in [5.41, 5.74) is 12.8. The third-order valence-corrected chi connectivity index (χ3v) is 2.64. The minimum absolute atomic E-state index is 0.444. The Morgan fingerprint density at radius 2 is 2.20 bits per heavy atom. The molecule has 0 aliphatic rings. The summed E-state index contributed by atoms with van der Waals surface area (Å²) in [5.74, 6) is -0.444. The summed E-state index contributed by atoms with van der Waals surface area (Å²) in [6, 6.07) is 7.00. The second-order valence-corrected chi connectivity index (χ2v) is 3.91. The zero-order valence-corrected chi connectivity index (χ0v) is 8.62. The van der Waals surface area contributed by atoms with Gasteiger partial charge in [-0.25, -0.2) is 4.98 Å². The zero-order valence-electron chi connectivity index (χ0n) is 7.81. The Morgan fingerprint density at radius 1 is 1.40 bits per heavy atom. The highest BCUT2D eigenvalue weighted by Gasteiger charge is 2.05. The number of rotatable bonds is 2. The van der Waals surface area contributed by atoms with Crippen molar-refractivity contribution < 1.29 is 4.79 Å². The van der Waals surface area contributed by atoms with E-state index in [1.807, 2.05) is 11.4 Å². The van der Waals surface area contributed by atoms with Gasteiger partial charge in [0.15, 0.2) is 5.13 Å². The third-order valence-electron chi connectivity index (χ3n) is 1.96. The van der Waals surface area contributed by atoms with Gasteiger partial charge in [0.25, 0.3) is 0 Å². The Hall–Kier alpha value is -1.88. The first-order valence-electron chi connectivity index (χ1n) is 4.28. The van der Waals surface area contributed by atoms with Crippen LogP contribution in [0.4, 0.5) is 5.13 Å². The smallest absolute Gasteiger partial charge is 0.248 e. The lowest BCUT2D eigenvalue weighted by atomic mass is 10.1. The molecule has 15 heavy (non-hydrogen) atoms. The number of nitrogens with zero attached hydrogens (tertiary/aromatic N) is 1. The van der Waals surface area contributed by atoms with Crippen LogP contribution < -0.4 is 11.5 Å². The van der Waals surface area contributed by atoms with E-state index in [2.05, 4.69) is 4.98 Å². The van der Waals surface area contributed by atoms with Crippen molar-refractivity contribution in [3.8, 4) is 11.3 Å². The quantitative estimate of drug-likeness (QED) is 0.802. The van der Waals surface area contributed by atoms with Crippen LogP contribution in [0.3, 0.4) is 0 Å². The highest BCUT2D eigenvalue weighted by molar-refractivity contribution is 7.13. The third kappa shape index (κ3) is 1.97. The van der Waals surface area contributed by atoms with Gasteiger partial charge in [0.2, 0.25) is 5.91 Å². The number of amides is 1. The molecule has 0 aliphatic heterocycles. The largest absolute Gasteiger partial charge is 0.375 e. The maximum Gasteiger partial charge on any atom is 0.248 e.